The monoisotopic (exact) mass is 347 g/mol. The third-order valence-electron chi connectivity index (χ3n) is 3.51. The Bertz CT molecular complexity index is 750. The Morgan fingerprint density at radius 3 is 2.83 bits per heavy atom. The van der Waals surface area contributed by atoms with E-state index in [2.05, 4.69) is 4.98 Å². The summed E-state index contributed by atoms with van der Waals surface area (Å²) in [6.07, 6.45) is 2.53. The first-order valence-electron chi connectivity index (χ1n) is 7.14. The number of aliphatic hydroxyl groups is 1. The van der Waals surface area contributed by atoms with Gasteiger partial charge in [-0.05, 0) is 22.9 Å². The Kier molecular flexibility index (Phi) is 4.90. The summed E-state index contributed by atoms with van der Waals surface area (Å²) < 4.78 is 1.71. The lowest BCUT2D eigenvalue weighted by Gasteiger charge is -2.18. The summed E-state index contributed by atoms with van der Waals surface area (Å²) in [5.41, 5.74) is 0. The maximum atomic E-state index is 12.4. The Morgan fingerprint density at radius 1 is 1.35 bits per heavy atom. The van der Waals surface area contributed by atoms with E-state index in [0.29, 0.717) is 12.4 Å². The quantitative estimate of drug-likeness (QED) is 0.746. The van der Waals surface area contributed by atoms with Gasteiger partial charge in [-0.3, -0.25) is 4.79 Å². The summed E-state index contributed by atoms with van der Waals surface area (Å²) in [5.74, 6) is 0.473. The fraction of sp³-hybridized carbons (Fsp3) is 0.250. The molecule has 0 fully saturated rings. The highest BCUT2D eigenvalue weighted by atomic mass is 32.1. The molecule has 3 aromatic rings. The van der Waals surface area contributed by atoms with Crippen LogP contribution in [0.15, 0.2) is 47.4 Å². The third-order valence-corrected chi connectivity index (χ3v) is 5.30. The number of aromatic nitrogens is 2. The molecular weight excluding hydrogens is 330 g/mol. The Labute approximate surface area is 142 Å². The van der Waals surface area contributed by atoms with Gasteiger partial charge >= 0.3 is 0 Å². The molecule has 1 N–H and O–H groups in total. The zero-order chi connectivity index (χ0) is 16.2. The van der Waals surface area contributed by atoms with E-state index in [9.17, 15) is 9.90 Å². The van der Waals surface area contributed by atoms with Crippen molar-refractivity contribution in [1.29, 1.82) is 0 Å². The van der Waals surface area contributed by atoms with E-state index >= 15 is 0 Å². The van der Waals surface area contributed by atoms with Gasteiger partial charge in [0.05, 0.1) is 6.54 Å². The molecule has 3 aromatic heterocycles. The van der Waals surface area contributed by atoms with Crippen LogP contribution in [0.2, 0.25) is 0 Å². The molecule has 0 spiro atoms. The first kappa shape index (κ1) is 15.9. The third kappa shape index (κ3) is 3.69. The minimum atomic E-state index is -0.805. The smallest absolute Gasteiger partial charge is 0.242 e. The summed E-state index contributed by atoms with van der Waals surface area (Å²) in [6, 6.07) is 7.73. The average molecular weight is 347 g/mol. The molecule has 7 heteroatoms. The van der Waals surface area contributed by atoms with Gasteiger partial charge in [-0.2, -0.15) is 0 Å². The van der Waals surface area contributed by atoms with Crippen LogP contribution in [0.3, 0.4) is 0 Å². The van der Waals surface area contributed by atoms with Crippen LogP contribution in [-0.4, -0.2) is 32.5 Å². The number of carbonyl (C=O) groups is 1. The molecule has 0 aliphatic heterocycles. The van der Waals surface area contributed by atoms with E-state index in [1.165, 1.54) is 11.3 Å². The molecule has 1 unspecified atom stereocenters. The lowest BCUT2D eigenvalue weighted by Crippen LogP contribution is -2.30. The minimum absolute atomic E-state index is 0.0176. The van der Waals surface area contributed by atoms with Crippen molar-refractivity contribution in [3.05, 3.63) is 63.0 Å². The molecule has 5 nitrogen and oxygen atoms in total. The van der Waals surface area contributed by atoms with Crippen LogP contribution in [0, 0.1) is 0 Å². The maximum absolute atomic E-state index is 12.4. The number of amides is 1. The van der Waals surface area contributed by atoms with Gasteiger partial charge in [-0.1, -0.05) is 12.1 Å². The van der Waals surface area contributed by atoms with E-state index in [1.807, 2.05) is 35.0 Å². The first-order valence-corrected chi connectivity index (χ1v) is 8.90. The van der Waals surface area contributed by atoms with Crippen LogP contribution in [0.1, 0.15) is 21.7 Å². The zero-order valence-electron chi connectivity index (χ0n) is 12.6. The molecule has 0 bridgehead atoms. The van der Waals surface area contributed by atoms with Crippen LogP contribution >= 0.6 is 22.7 Å². The van der Waals surface area contributed by atoms with E-state index in [4.69, 9.17) is 0 Å². The molecule has 3 heterocycles. The first-order chi connectivity index (χ1) is 11.1. The molecule has 120 valence electrons. The molecule has 0 aliphatic rings. The number of thiophene rings is 2. The topological polar surface area (TPSA) is 58.4 Å². The van der Waals surface area contributed by atoms with Crippen molar-refractivity contribution in [2.45, 2.75) is 19.2 Å². The van der Waals surface area contributed by atoms with Crippen molar-refractivity contribution < 1.29 is 9.90 Å². The van der Waals surface area contributed by atoms with Gasteiger partial charge in [-0.15, -0.1) is 22.7 Å². The fourth-order valence-electron chi connectivity index (χ4n) is 2.27. The van der Waals surface area contributed by atoms with Gasteiger partial charge in [0.2, 0.25) is 5.91 Å². The largest absolute Gasteiger partial charge is 0.380 e. The number of imidazole rings is 1. The maximum Gasteiger partial charge on any atom is 0.242 e. The molecule has 0 saturated carbocycles. The van der Waals surface area contributed by atoms with Crippen molar-refractivity contribution in [2.24, 2.45) is 0 Å². The SMILES string of the molecule is CN(Cc1cccs1)C(=O)Cn1ccnc1C(O)c1cccs1. The molecule has 0 saturated heterocycles. The highest BCUT2D eigenvalue weighted by Gasteiger charge is 2.19. The number of hydrogen-bond donors (Lipinski definition) is 1. The van der Waals surface area contributed by atoms with Gasteiger partial charge in [0.25, 0.3) is 0 Å². The van der Waals surface area contributed by atoms with Gasteiger partial charge in [0.1, 0.15) is 18.5 Å². The van der Waals surface area contributed by atoms with Gasteiger partial charge < -0.3 is 14.6 Å². The summed E-state index contributed by atoms with van der Waals surface area (Å²) in [7, 11) is 1.79. The van der Waals surface area contributed by atoms with Crippen molar-refractivity contribution in [2.75, 3.05) is 7.05 Å². The van der Waals surface area contributed by atoms with Crippen LogP contribution in [0.25, 0.3) is 0 Å². The molecule has 1 atom stereocenters. The zero-order valence-corrected chi connectivity index (χ0v) is 14.3. The second kappa shape index (κ2) is 7.08. The molecule has 0 radical (unpaired) electrons. The van der Waals surface area contributed by atoms with Gasteiger partial charge in [-0.25, -0.2) is 4.98 Å². The van der Waals surface area contributed by atoms with Crippen LogP contribution in [-0.2, 0) is 17.9 Å². The van der Waals surface area contributed by atoms with E-state index in [1.54, 1.807) is 40.2 Å². The lowest BCUT2D eigenvalue weighted by molar-refractivity contribution is -0.131. The second-order valence-electron chi connectivity index (χ2n) is 5.16. The minimum Gasteiger partial charge on any atom is -0.380 e. The Morgan fingerprint density at radius 2 is 2.13 bits per heavy atom. The summed E-state index contributed by atoms with van der Waals surface area (Å²) in [6.45, 7) is 0.758. The standard InChI is InChI=1S/C16H17N3O2S2/c1-18(10-12-4-2-8-22-12)14(20)11-19-7-6-17-16(19)15(21)13-5-3-9-23-13/h2-9,15,21H,10-11H2,1H3. The molecular formula is C16H17N3O2S2. The summed E-state index contributed by atoms with van der Waals surface area (Å²) in [4.78, 5) is 20.3. The van der Waals surface area contributed by atoms with Crippen molar-refractivity contribution in [3.8, 4) is 0 Å². The van der Waals surface area contributed by atoms with Crippen molar-refractivity contribution in [3.63, 3.8) is 0 Å². The van der Waals surface area contributed by atoms with Gasteiger partial charge in [0, 0.05) is 29.2 Å². The molecule has 1 amide bonds. The molecule has 23 heavy (non-hydrogen) atoms. The van der Waals surface area contributed by atoms with E-state index in [0.717, 1.165) is 9.75 Å². The number of rotatable bonds is 6. The average Bonchev–Trinajstić information content (AvgIpc) is 3.29. The number of carbonyl (C=O) groups excluding carboxylic acids is 1. The Balaban J connectivity index is 1.68. The van der Waals surface area contributed by atoms with E-state index in [-0.39, 0.29) is 12.5 Å². The lowest BCUT2D eigenvalue weighted by atomic mass is 10.2. The highest BCUT2D eigenvalue weighted by Crippen LogP contribution is 2.24. The van der Waals surface area contributed by atoms with Crippen molar-refractivity contribution >= 4 is 28.6 Å². The number of nitrogens with zero attached hydrogens (tertiary/aromatic N) is 3. The molecule has 0 aromatic carbocycles. The second-order valence-corrected chi connectivity index (χ2v) is 7.17. The van der Waals surface area contributed by atoms with Crippen LogP contribution < -0.4 is 0 Å². The Hall–Kier alpha value is -1.96. The van der Waals surface area contributed by atoms with Gasteiger partial charge in [0.15, 0.2) is 0 Å². The fourth-order valence-corrected chi connectivity index (χ4v) is 3.73. The predicted octanol–water partition coefficient (Wildman–Crippen LogP) is 2.75. The summed E-state index contributed by atoms with van der Waals surface area (Å²) >= 11 is 3.10. The van der Waals surface area contributed by atoms with Crippen LogP contribution in [0.5, 0.6) is 0 Å². The molecule has 3 rings (SSSR count). The summed E-state index contributed by atoms with van der Waals surface area (Å²) in [5, 5.41) is 14.3. The van der Waals surface area contributed by atoms with Crippen molar-refractivity contribution in [1.82, 2.24) is 14.5 Å². The molecule has 0 aliphatic carbocycles. The van der Waals surface area contributed by atoms with E-state index < -0.39 is 6.10 Å². The normalized spacial score (nSPS) is 12.3. The highest BCUT2D eigenvalue weighted by molar-refractivity contribution is 7.10. The van der Waals surface area contributed by atoms with Crippen LogP contribution in [0.4, 0.5) is 0 Å². The number of aliphatic hydroxyl groups excluding tert-OH is 1. The predicted molar refractivity (Wildman–Crippen MR) is 91.4 cm³/mol. The number of likely N-dealkylation sites (N-methyl/N-ethyl adjacent to an activating group) is 1. The number of hydrogen-bond acceptors (Lipinski definition) is 5.